The van der Waals surface area contributed by atoms with Crippen LogP contribution in [-0.4, -0.2) is 10.1 Å². The van der Waals surface area contributed by atoms with Gasteiger partial charge < -0.3 is 10.3 Å². The van der Waals surface area contributed by atoms with Gasteiger partial charge in [0.25, 0.3) is 5.89 Å². The summed E-state index contributed by atoms with van der Waals surface area (Å²) in [5, 5.41) is 4.00. The van der Waals surface area contributed by atoms with Gasteiger partial charge in [-0.2, -0.15) is 4.98 Å². The molecule has 0 bridgehead atoms. The molecule has 1 heterocycles. The Morgan fingerprint density at radius 2 is 1.90 bits per heavy atom. The zero-order chi connectivity index (χ0) is 13.9. The molecule has 0 atom stereocenters. The van der Waals surface area contributed by atoms with Crippen molar-refractivity contribution in [3.63, 3.8) is 0 Å². The van der Waals surface area contributed by atoms with Crippen molar-refractivity contribution in [2.45, 2.75) is 6.42 Å². The molecule has 0 fully saturated rings. The minimum Gasteiger partial charge on any atom is -0.398 e. The average Bonchev–Trinajstić information content (AvgIpc) is 2.88. The highest BCUT2D eigenvalue weighted by Gasteiger charge is 2.12. The second-order valence-electron chi connectivity index (χ2n) is 4.41. The van der Waals surface area contributed by atoms with E-state index in [0.29, 0.717) is 23.8 Å². The van der Waals surface area contributed by atoms with E-state index >= 15 is 0 Å². The standard InChI is InChI=1S/C15H12BrN3O/c16-11-6-7-12(13(17)9-11)15-18-14(19-20-15)8-10-4-2-1-3-5-10/h1-7,9H,8,17H2. The fourth-order valence-corrected chi connectivity index (χ4v) is 2.32. The van der Waals surface area contributed by atoms with Gasteiger partial charge in [-0.25, -0.2) is 0 Å². The summed E-state index contributed by atoms with van der Waals surface area (Å²) >= 11 is 3.37. The van der Waals surface area contributed by atoms with Crippen molar-refractivity contribution in [3.8, 4) is 11.5 Å². The number of nitrogens with zero attached hydrogens (tertiary/aromatic N) is 2. The molecule has 0 radical (unpaired) electrons. The van der Waals surface area contributed by atoms with E-state index in [2.05, 4.69) is 26.1 Å². The third kappa shape index (κ3) is 2.72. The van der Waals surface area contributed by atoms with E-state index in [9.17, 15) is 0 Å². The normalized spacial score (nSPS) is 10.7. The molecule has 3 aromatic rings. The fraction of sp³-hybridized carbons (Fsp3) is 0.0667. The van der Waals surface area contributed by atoms with Crippen LogP contribution in [0, 0.1) is 0 Å². The predicted molar refractivity (Wildman–Crippen MR) is 81.1 cm³/mol. The van der Waals surface area contributed by atoms with Crippen molar-refractivity contribution in [2.24, 2.45) is 0 Å². The lowest BCUT2D eigenvalue weighted by atomic mass is 10.1. The average molecular weight is 330 g/mol. The number of nitrogen functional groups attached to an aromatic ring is 1. The summed E-state index contributed by atoms with van der Waals surface area (Å²) in [6, 6.07) is 15.6. The van der Waals surface area contributed by atoms with Gasteiger partial charge in [-0.3, -0.25) is 0 Å². The molecule has 2 N–H and O–H groups in total. The Morgan fingerprint density at radius 1 is 1.10 bits per heavy atom. The molecule has 0 spiro atoms. The topological polar surface area (TPSA) is 64.9 Å². The fourth-order valence-electron chi connectivity index (χ4n) is 1.94. The first kappa shape index (κ1) is 12.9. The van der Waals surface area contributed by atoms with Crippen molar-refractivity contribution in [3.05, 3.63) is 64.4 Å². The lowest BCUT2D eigenvalue weighted by Gasteiger charge is -2.00. The number of nitrogens with two attached hydrogens (primary N) is 1. The lowest BCUT2D eigenvalue weighted by molar-refractivity contribution is 0.424. The zero-order valence-corrected chi connectivity index (χ0v) is 12.2. The van der Waals surface area contributed by atoms with Crippen molar-refractivity contribution in [1.82, 2.24) is 10.1 Å². The highest BCUT2D eigenvalue weighted by atomic mass is 79.9. The third-order valence-electron chi connectivity index (χ3n) is 2.92. The molecular weight excluding hydrogens is 318 g/mol. The van der Waals surface area contributed by atoms with E-state index in [0.717, 1.165) is 15.6 Å². The smallest absolute Gasteiger partial charge is 0.260 e. The van der Waals surface area contributed by atoms with Crippen LogP contribution in [0.3, 0.4) is 0 Å². The monoisotopic (exact) mass is 329 g/mol. The van der Waals surface area contributed by atoms with Crippen LogP contribution in [0.15, 0.2) is 57.5 Å². The van der Waals surface area contributed by atoms with E-state index in [-0.39, 0.29) is 0 Å². The van der Waals surface area contributed by atoms with E-state index in [1.807, 2.05) is 48.5 Å². The van der Waals surface area contributed by atoms with E-state index in [1.54, 1.807) is 0 Å². The second kappa shape index (κ2) is 5.46. The highest BCUT2D eigenvalue weighted by molar-refractivity contribution is 9.10. The summed E-state index contributed by atoms with van der Waals surface area (Å²) < 4.78 is 6.21. The predicted octanol–water partition coefficient (Wildman–Crippen LogP) is 3.67. The molecule has 0 unspecified atom stereocenters. The molecule has 100 valence electrons. The van der Waals surface area contributed by atoms with E-state index < -0.39 is 0 Å². The Bertz CT molecular complexity index is 725. The number of hydrogen-bond acceptors (Lipinski definition) is 4. The number of aromatic nitrogens is 2. The van der Waals surface area contributed by atoms with Gasteiger partial charge in [-0.05, 0) is 23.8 Å². The van der Waals surface area contributed by atoms with Crippen LogP contribution in [0.5, 0.6) is 0 Å². The summed E-state index contributed by atoms with van der Waals surface area (Å²) in [6.07, 6.45) is 0.640. The summed E-state index contributed by atoms with van der Waals surface area (Å²) in [5.74, 6) is 1.09. The van der Waals surface area contributed by atoms with Gasteiger partial charge >= 0.3 is 0 Å². The van der Waals surface area contributed by atoms with Crippen molar-refractivity contribution < 1.29 is 4.52 Å². The molecule has 1 aromatic heterocycles. The highest BCUT2D eigenvalue weighted by Crippen LogP contribution is 2.27. The maximum Gasteiger partial charge on any atom is 0.260 e. The number of hydrogen-bond donors (Lipinski definition) is 1. The van der Waals surface area contributed by atoms with Gasteiger partial charge in [-0.15, -0.1) is 0 Å². The molecule has 4 nitrogen and oxygen atoms in total. The van der Waals surface area contributed by atoms with Crippen LogP contribution in [0.1, 0.15) is 11.4 Å². The Morgan fingerprint density at radius 3 is 2.65 bits per heavy atom. The van der Waals surface area contributed by atoms with Crippen LogP contribution in [-0.2, 0) is 6.42 Å². The summed E-state index contributed by atoms with van der Waals surface area (Å²) in [4.78, 5) is 4.39. The first-order valence-electron chi connectivity index (χ1n) is 6.14. The molecule has 0 aliphatic carbocycles. The molecule has 0 saturated heterocycles. The molecule has 0 amide bonds. The van der Waals surface area contributed by atoms with Crippen molar-refractivity contribution >= 4 is 21.6 Å². The van der Waals surface area contributed by atoms with Gasteiger partial charge in [0, 0.05) is 16.6 Å². The van der Waals surface area contributed by atoms with Gasteiger partial charge in [0.1, 0.15) is 0 Å². The molecule has 0 aliphatic heterocycles. The minimum absolute atomic E-state index is 0.445. The van der Waals surface area contributed by atoms with Gasteiger partial charge in [0.05, 0.1) is 5.56 Å². The quantitative estimate of drug-likeness (QED) is 0.744. The SMILES string of the molecule is Nc1cc(Br)ccc1-c1nc(Cc2ccccc2)no1. The largest absolute Gasteiger partial charge is 0.398 e. The number of rotatable bonds is 3. The zero-order valence-electron chi connectivity index (χ0n) is 10.6. The van der Waals surface area contributed by atoms with Crippen LogP contribution in [0.2, 0.25) is 0 Å². The van der Waals surface area contributed by atoms with Crippen molar-refractivity contribution in [2.75, 3.05) is 5.73 Å². The maximum absolute atomic E-state index is 5.96. The molecule has 2 aromatic carbocycles. The number of halogens is 1. The number of anilines is 1. The molecule has 0 saturated carbocycles. The van der Waals surface area contributed by atoms with Gasteiger partial charge in [-0.1, -0.05) is 51.4 Å². The molecule has 0 aliphatic rings. The Kier molecular flexibility index (Phi) is 3.52. The molecule has 20 heavy (non-hydrogen) atoms. The number of benzene rings is 2. The van der Waals surface area contributed by atoms with Crippen molar-refractivity contribution in [1.29, 1.82) is 0 Å². The maximum atomic E-state index is 5.96. The van der Waals surface area contributed by atoms with E-state index in [1.165, 1.54) is 0 Å². The van der Waals surface area contributed by atoms with E-state index in [4.69, 9.17) is 10.3 Å². The van der Waals surface area contributed by atoms with Crippen LogP contribution in [0.25, 0.3) is 11.5 Å². The van der Waals surface area contributed by atoms with Crippen LogP contribution in [0.4, 0.5) is 5.69 Å². The molecule has 5 heteroatoms. The molecular formula is C15H12BrN3O. The second-order valence-corrected chi connectivity index (χ2v) is 5.33. The van der Waals surface area contributed by atoms with Crippen LogP contribution >= 0.6 is 15.9 Å². The Balaban J connectivity index is 1.87. The third-order valence-corrected chi connectivity index (χ3v) is 3.41. The molecule has 3 rings (SSSR count). The first-order chi connectivity index (χ1) is 9.72. The first-order valence-corrected chi connectivity index (χ1v) is 6.93. The van der Waals surface area contributed by atoms with Crippen LogP contribution < -0.4 is 5.73 Å². The lowest BCUT2D eigenvalue weighted by Crippen LogP contribution is -1.92. The van der Waals surface area contributed by atoms with Gasteiger partial charge in [0.2, 0.25) is 0 Å². The van der Waals surface area contributed by atoms with Gasteiger partial charge in [0.15, 0.2) is 5.82 Å². The summed E-state index contributed by atoms with van der Waals surface area (Å²) in [5.41, 5.74) is 8.46. The summed E-state index contributed by atoms with van der Waals surface area (Å²) in [6.45, 7) is 0. The Hall–Kier alpha value is -2.14. The Labute approximate surface area is 124 Å². The summed E-state index contributed by atoms with van der Waals surface area (Å²) in [7, 11) is 0. The minimum atomic E-state index is 0.445.